The maximum atomic E-state index is 5.70. The molecule has 1 fully saturated rings. The van der Waals surface area contributed by atoms with Crippen LogP contribution in [-0.2, 0) is 0 Å². The van der Waals surface area contributed by atoms with Gasteiger partial charge in [0.25, 0.3) is 0 Å². The van der Waals surface area contributed by atoms with Crippen LogP contribution in [0.25, 0.3) is 0 Å². The molecule has 0 aromatic carbocycles. The maximum absolute atomic E-state index is 5.70. The highest BCUT2D eigenvalue weighted by atomic mass is 35.5. The van der Waals surface area contributed by atoms with Crippen molar-refractivity contribution in [1.29, 1.82) is 0 Å². The fourth-order valence-corrected chi connectivity index (χ4v) is 2.82. The first kappa shape index (κ1) is 11.8. The monoisotopic (exact) mass is 242 g/mol. The second-order valence-electron chi connectivity index (χ2n) is 4.66. The van der Waals surface area contributed by atoms with Gasteiger partial charge in [0.15, 0.2) is 0 Å². The van der Waals surface area contributed by atoms with Crippen LogP contribution >= 0.6 is 11.6 Å². The molecule has 1 aliphatic carbocycles. The van der Waals surface area contributed by atoms with Crippen LogP contribution < -0.4 is 0 Å². The molecule has 0 aliphatic heterocycles. The number of nitrogens with zero attached hydrogens (tertiary/aromatic N) is 4. The zero-order valence-corrected chi connectivity index (χ0v) is 10.3. The van der Waals surface area contributed by atoms with Gasteiger partial charge >= 0.3 is 0 Å². The summed E-state index contributed by atoms with van der Waals surface area (Å²) in [6, 6.07) is 0.518. The molecule has 0 radical (unpaired) electrons. The summed E-state index contributed by atoms with van der Waals surface area (Å²) in [6.07, 6.45) is 10.6. The molecule has 1 saturated carbocycles. The molecule has 2 rings (SSSR count). The van der Waals surface area contributed by atoms with E-state index in [1.807, 2.05) is 4.68 Å². The van der Waals surface area contributed by atoms with E-state index < -0.39 is 0 Å². The molecule has 1 heterocycles. The van der Waals surface area contributed by atoms with Gasteiger partial charge in [0, 0.05) is 5.88 Å². The third-order valence-electron chi connectivity index (χ3n) is 3.49. The van der Waals surface area contributed by atoms with E-state index in [1.165, 1.54) is 38.5 Å². The summed E-state index contributed by atoms with van der Waals surface area (Å²) in [5, 5.41) is 11.4. The number of alkyl halides is 1. The standard InChI is InChI=1S/C11H19ClN4/c12-7-2-1-4-10-5-3-6-11(8-10)16-9-13-14-15-16/h9-11H,1-8H2. The van der Waals surface area contributed by atoms with Crippen molar-refractivity contribution in [2.24, 2.45) is 5.92 Å². The Kier molecular flexibility index (Phi) is 4.57. The van der Waals surface area contributed by atoms with Crippen molar-refractivity contribution in [2.45, 2.75) is 51.0 Å². The SMILES string of the molecule is ClCCCCC1CCCC(n2cnnn2)C1. The zero-order valence-electron chi connectivity index (χ0n) is 9.56. The Morgan fingerprint density at radius 2 is 2.25 bits per heavy atom. The lowest BCUT2D eigenvalue weighted by Gasteiger charge is -2.28. The largest absolute Gasteiger partial charge is 0.229 e. The topological polar surface area (TPSA) is 43.6 Å². The molecule has 1 aliphatic rings. The van der Waals surface area contributed by atoms with Gasteiger partial charge in [0.2, 0.25) is 0 Å². The highest BCUT2D eigenvalue weighted by molar-refractivity contribution is 6.17. The molecular weight excluding hydrogens is 224 g/mol. The van der Waals surface area contributed by atoms with Crippen LogP contribution in [0, 0.1) is 5.92 Å². The number of unbranched alkanes of at least 4 members (excludes halogenated alkanes) is 1. The van der Waals surface area contributed by atoms with Gasteiger partial charge in [0.1, 0.15) is 6.33 Å². The van der Waals surface area contributed by atoms with Crippen LogP contribution in [0.4, 0.5) is 0 Å². The predicted molar refractivity (Wildman–Crippen MR) is 63.4 cm³/mol. The minimum atomic E-state index is 0.518. The molecule has 0 spiro atoms. The van der Waals surface area contributed by atoms with Gasteiger partial charge in [-0.2, -0.15) is 0 Å². The second-order valence-corrected chi connectivity index (χ2v) is 5.04. The molecule has 0 N–H and O–H groups in total. The molecule has 0 amide bonds. The van der Waals surface area contributed by atoms with Crippen molar-refractivity contribution in [1.82, 2.24) is 20.2 Å². The molecule has 16 heavy (non-hydrogen) atoms. The second kappa shape index (κ2) is 6.18. The third kappa shape index (κ3) is 3.17. The third-order valence-corrected chi connectivity index (χ3v) is 3.76. The van der Waals surface area contributed by atoms with Crippen LogP contribution in [0.15, 0.2) is 6.33 Å². The Balaban J connectivity index is 1.80. The van der Waals surface area contributed by atoms with Gasteiger partial charge in [-0.25, -0.2) is 4.68 Å². The van der Waals surface area contributed by atoms with Gasteiger partial charge in [-0.15, -0.1) is 16.7 Å². The predicted octanol–water partition coefficient (Wildman–Crippen LogP) is 2.81. The van der Waals surface area contributed by atoms with E-state index in [9.17, 15) is 0 Å². The van der Waals surface area contributed by atoms with E-state index in [-0.39, 0.29) is 0 Å². The van der Waals surface area contributed by atoms with E-state index in [1.54, 1.807) is 6.33 Å². The highest BCUT2D eigenvalue weighted by Crippen LogP contribution is 2.34. The Bertz CT molecular complexity index is 288. The number of hydrogen-bond acceptors (Lipinski definition) is 3. The lowest BCUT2D eigenvalue weighted by atomic mass is 9.83. The van der Waals surface area contributed by atoms with Crippen molar-refractivity contribution in [2.75, 3.05) is 5.88 Å². The van der Waals surface area contributed by atoms with Gasteiger partial charge in [-0.05, 0) is 35.6 Å². The Morgan fingerprint density at radius 1 is 1.31 bits per heavy atom. The Hall–Kier alpha value is -0.640. The summed E-state index contributed by atoms with van der Waals surface area (Å²) < 4.78 is 1.92. The van der Waals surface area contributed by atoms with Gasteiger partial charge < -0.3 is 0 Å². The molecular formula is C11H19ClN4. The molecule has 1 aromatic rings. The van der Waals surface area contributed by atoms with E-state index in [4.69, 9.17) is 11.6 Å². The number of rotatable bonds is 5. The first-order valence-corrected chi connectivity index (χ1v) is 6.72. The molecule has 1 aromatic heterocycles. The van der Waals surface area contributed by atoms with Crippen molar-refractivity contribution in [3.63, 3.8) is 0 Å². The number of aromatic nitrogens is 4. The van der Waals surface area contributed by atoms with Crippen molar-refractivity contribution < 1.29 is 0 Å². The number of halogens is 1. The normalized spacial score (nSPS) is 25.8. The first-order valence-electron chi connectivity index (χ1n) is 6.18. The lowest BCUT2D eigenvalue weighted by Crippen LogP contribution is -2.19. The van der Waals surface area contributed by atoms with Crippen molar-refractivity contribution in [3.05, 3.63) is 6.33 Å². The fourth-order valence-electron chi connectivity index (χ4n) is 2.63. The van der Waals surface area contributed by atoms with E-state index >= 15 is 0 Å². The molecule has 90 valence electrons. The molecule has 0 bridgehead atoms. The molecule has 2 unspecified atom stereocenters. The molecule has 0 saturated heterocycles. The number of hydrogen-bond donors (Lipinski definition) is 0. The van der Waals surface area contributed by atoms with Crippen LogP contribution in [0.5, 0.6) is 0 Å². The van der Waals surface area contributed by atoms with Gasteiger partial charge in [-0.3, -0.25) is 0 Å². The minimum absolute atomic E-state index is 0.518. The number of tetrazole rings is 1. The summed E-state index contributed by atoms with van der Waals surface area (Å²) in [6.45, 7) is 0. The van der Waals surface area contributed by atoms with Gasteiger partial charge in [0.05, 0.1) is 6.04 Å². The fraction of sp³-hybridized carbons (Fsp3) is 0.909. The minimum Gasteiger partial charge on any atom is -0.229 e. The molecule has 5 heteroatoms. The van der Waals surface area contributed by atoms with Gasteiger partial charge in [-0.1, -0.05) is 25.7 Å². The Morgan fingerprint density at radius 3 is 3.00 bits per heavy atom. The summed E-state index contributed by atoms with van der Waals surface area (Å²) in [4.78, 5) is 0. The smallest absolute Gasteiger partial charge is 0.138 e. The van der Waals surface area contributed by atoms with Crippen LogP contribution in [0.1, 0.15) is 51.0 Å². The van der Waals surface area contributed by atoms with Crippen LogP contribution in [-0.4, -0.2) is 26.1 Å². The van der Waals surface area contributed by atoms with Crippen LogP contribution in [0.2, 0.25) is 0 Å². The van der Waals surface area contributed by atoms with E-state index in [0.29, 0.717) is 6.04 Å². The van der Waals surface area contributed by atoms with Crippen molar-refractivity contribution >= 4 is 11.6 Å². The lowest BCUT2D eigenvalue weighted by molar-refractivity contribution is 0.236. The first-order chi connectivity index (χ1) is 7.90. The highest BCUT2D eigenvalue weighted by Gasteiger charge is 2.23. The average molecular weight is 243 g/mol. The summed E-state index contributed by atoms with van der Waals surface area (Å²) >= 11 is 5.70. The Labute approximate surface area is 101 Å². The summed E-state index contributed by atoms with van der Waals surface area (Å²) in [5.74, 6) is 1.63. The molecule has 2 atom stereocenters. The summed E-state index contributed by atoms with van der Waals surface area (Å²) in [7, 11) is 0. The van der Waals surface area contributed by atoms with E-state index in [0.717, 1.165) is 18.2 Å². The quantitative estimate of drug-likeness (QED) is 0.589. The summed E-state index contributed by atoms with van der Waals surface area (Å²) in [5.41, 5.74) is 0. The average Bonchev–Trinajstić information content (AvgIpc) is 2.83. The van der Waals surface area contributed by atoms with E-state index in [2.05, 4.69) is 15.5 Å². The van der Waals surface area contributed by atoms with Crippen LogP contribution in [0.3, 0.4) is 0 Å². The van der Waals surface area contributed by atoms with Crippen molar-refractivity contribution in [3.8, 4) is 0 Å². The zero-order chi connectivity index (χ0) is 11.2. The molecule has 4 nitrogen and oxygen atoms in total. The maximum Gasteiger partial charge on any atom is 0.138 e.